The molecular formula is C34H46N8O5. The molecule has 4 aliphatic heterocycles. The number of anilines is 1. The van der Waals surface area contributed by atoms with Crippen molar-refractivity contribution in [2.75, 3.05) is 50.7 Å². The van der Waals surface area contributed by atoms with Crippen molar-refractivity contribution < 1.29 is 24.0 Å². The summed E-state index contributed by atoms with van der Waals surface area (Å²) in [5, 5.41) is 5.27. The number of fused-ring (bicyclic) bond motifs is 1. The fourth-order valence-corrected chi connectivity index (χ4v) is 7.46. The normalized spacial score (nSPS) is 24.1. The van der Waals surface area contributed by atoms with E-state index in [2.05, 4.69) is 25.3 Å². The highest BCUT2D eigenvalue weighted by molar-refractivity contribution is 6.23. The van der Waals surface area contributed by atoms with Gasteiger partial charge in [0, 0.05) is 64.0 Å². The van der Waals surface area contributed by atoms with Crippen molar-refractivity contribution in [3.05, 3.63) is 53.0 Å². The standard InChI is InChI=1S/C34H46N8O5/c35-27(31(44)37-23-4-2-1-3-5-23)8-10-29(36)41-14-12-22(13-15-41)21-39-16-18-40(19-17-39)24-6-7-25-26(20-24)34(47)42(33(25)46)28-9-11-30(43)38-32(28)45/h6-8,10,20,22-23,28H,1-5,9,11-19,21,35-36H2,(H,37,44)(H,38,43,45)/b27-8-,29-10+. The molecule has 6 N–H and O–H groups in total. The van der Waals surface area contributed by atoms with Crippen molar-refractivity contribution in [2.24, 2.45) is 17.4 Å². The smallest absolute Gasteiger partial charge is 0.267 e. The number of nitrogens with one attached hydrogen (secondary N) is 2. The molecule has 1 saturated carbocycles. The van der Waals surface area contributed by atoms with Gasteiger partial charge in [-0.15, -0.1) is 0 Å². The largest absolute Gasteiger partial charge is 0.394 e. The molecule has 0 spiro atoms. The first-order valence-electron chi connectivity index (χ1n) is 17.0. The van der Waals surface area contributed by atoms with Crippen LogP contribution < -0.4 is 27.0 Å². The van der Waals surface area contributed by atoms with Crippen molar-refractivity contribution in [1.82, 2.24) is 25.3 Å². The Bertz CT molecular complexity index is 1470. The van der Waals surface area contributed by atoms with Gasteiger partial charge in [0.1, 0.15) is 6.04 Å². The second-order valence-corrected chi connectivity index (χ2v) is 13.4. The predicted molar refractivity (Wildman–Crippen MR) is 176 cm³/mol. The average molecular weight is 647 g/mol. The summed E-state index contributed by atoms with van der Waals surface area (Å²) in [6.07, 6.45) is 11.2. The van der Waals surface area contributed by atoms with Crippen LogP contribution in [0.2, 0.25) is 0 Å². The molecule has 1 aromatic rings. The summed E-state index contributed by atoms with van der Waals surface area (Å²) in [5.74, 6) is -1.01. The van der Waals surface area contributed by atoms with E-state index in [0.717, 1.165) is 94.9 Å². The molecule has 252 valence electrons. The molecule has 0 radical (unpaired) electrons. The molecule has 4 fully saturated rings. The van der Waals surface area contributed by atoms with Gasteiger partial charge in [-0.1, -0.05) is 19.3 Å². The van der Waals surface area contributed by atoms with E-state index in [1.165, 1.54) is 6.42 Å². The first kappa shape index (κ1) is 32.5. The van der Waals surface area contributed by atoms with Crippen LogP contribution in [0.4, 0.5) is 5.69 Å². The van der Waals surface area contributed by atoms with Crippen LogP contribution in [-0.2, 0) is 14.4 Å². The Morgan fingerprint density at radius 2 is 1.55 bits per heavy atom. The second kappa shape index (κ2) is 14.2. The van der Waals surface area contributed by atoms with Crippen molar-refractivity contribution in [3.8, 4) is 0 Å². The van der Waals surface area contributed by atoms with E-state index in [1.54, 1.807) is 24.3 Å². The number of likely N-dealkylation sites (tertiary alicyclic amines) is 1. The van der Waals surface area contributed by atoms with Gasteiger partial charge in [-0.25, -0.2) is 0 Å². The minimum Gasteiger partial charge on any atom is -0.394 e. The highest BCUT2D eigenvalue weighted by Gasteiger charge is 2.44. The zero-order valence-corrected chi connectivity index (χ0v) is 26.9. The first-order chi connectivity index (χ1) is 22.7. The van der Waals surface area contributed by atoms with Gasteiger partial charge in [0.25, 0.3) is 17.7 Å². The molecule has 4 heterocycles. The van der Waals surface area contributed by atoms with Gasteiger partial charge in [-0.3, -0.25) is 39.1 Å². The van der Waals surface area contributed by atoms with Crippen LogP contribution in [0.15, 0.2) is 41.9 Å². The van der Waals surface area contributed by atoms with E-state index >= 15 is 0 Å². The number of nitrogens with zero attached hydrogens (tertiary/aromatic N) is 4. The second-order valence-electron chi connectivity index (χ2n) is 13.4. The van der Waals surface area contributed by atoms with Crippen LogP contribution in [0.3, 0.4) is 0 Å². The van der Waals surface area contributed by atoms with Crippen LogP contribution >= 0.6 is 0 Å². The van der Waals surface area contributed by atoms with Crippen LogP contribution in [0, 0.1) is 5.92 Å². The molecule has 0 bridgehead atoms. The number of rotatable bonds is 8. The topological polar surface area (TPSA) is 174 Å². The number of allylic oxidation sites excluding steroid dienone is 2. The third-order valence-corrected chi connectivity index (χ3v) is 10.3. The number of imide groups is 2. The van der Waals surface area contributed by atoms with Gasteiger partial charge >= 0.3 is 0 Å². The maximum Gasteiger partial charge on any atom is 0.267 e. The van der Waals surface area contributed by atoms with Crippen LogP contribution in [0.1, 0.15) is 78.5 Å². The lowest BCUT2D eigenvalue weighted by molar-refractivity contribution is -0.136. The quantitative estimate of drug-likeness (QED) is 0.181. The molecule has 1 unspecified atom stereocenters. The molecule has 13 heteroatoms. The molecule has 1 aromatic carbocycles. The van der Waals surface area contributed by atoms with E-state index in [9.17, 15) is 24.0 Å². The molecular weight excluding hydrogens is 600 g/mol. The monoisotopic (exact) mass is 646 g/mol. The summed E-state index contributed by atoms with van der Waals surface area (Å²) in [6.45, 7) is 6.10. The van der Waals surface area contributed by atoms with Gasteiger partial charge in [0.15, 0.2) is 0 Å². The lowest BCUT2D eigenvalue weighted by atomic mass is 9.95. The molecule has 6 rings (SSSR count). The summed E-state index contributed by atoms with van der Waals surface area (Å²) in [6, 6.07) is 4.55. The van der Waals surface area contributed by atoms with Crippen LogP contribution in [0.25, 0.3) is 0 Å². The van der Waals surface area contributed by atoms with E-state index in [1.807, 2.05) is 6.07 Å². The zero-order chi connectivity index (χ0) is 33.1. The van der Waals surface area contributed by atoms with Crippen molar-refractivity contribution >= 4 is 35.2 Å². The average Bonchev–Trinajstić information content (AvgIpc) is 3.33. The molecule has 13 nitrogen and oxygen atoms in total. The SMILES string of the molecule is N/C(=C\C=C(/N)N1CCC(CN2CCN(c3ccc4c(c3)C(=O)N(C3CCC(=O)NC3=O)C4=O)CC2)CC1)C(=O)NC1CCCCC1. The highest BCUT2D eigenvalue weighted by Crippen LogP contribution is 2.31. The summed E-state index contributed by atoms with van der Waals surface area (Å²) < 4.78 is 0. The Hall–Kier alpha value is -4.39. The van der Waals surface area contributed by atoms with Gasteiger partial charge in [-0.2, -0.15) is 0 Å². The maximum atomic E-state index is 13.2. The molecule has 47 heavy (non-hydrogen) atoms. The molecule has 1 aliphatic carbocycles. The number of hydrogen-bond acceptors (Lipinski definition) is 10. The fourth-order valence-electron chi connectivity index (χ4n) is 7.46. The third kappa shape index (κ3) is 7.29. The van der Waals surface area contributed by atoms with Gasteiger partial charge < -0.3 is 26.6 Å². The maximum absolute atomic E-state index is 13.2. The molecule has 3 saturated heterocycles. The Morgan fingerprint density at radius 3 is 2.26 bits per heavy atom. The van der Waals surface area contributed by atoms with E-state index in [0.29, 0.717) is 22.9 Å². The van der Waals surface area contributed by atoms with E-state index in [4.69, 9.17) is 11.5 Å². The number of amides is 5. The Labute approximate surface area is 275 Å². The zero-order valence-electron chi connectivity index (χ0n) is 26.9. The predicted octanol–water partition coefficient (Wildman–Crippen LogP) is 1.01. The minimum atomic E-state index is -0.967. The molecule has 1 atom stereocenters. The molecule has 0 aromatic heterocycles. The van der Waals surface area contributed by atoms with Gasteiger partial charge in [0.2, 0.25) is 11.8 Å². The summed E-state index contributed by atoms with van der Waals surface area (Å²) in [5.41, 5.74) is 14.1. The number of hydrogen-bond donors (Lipinski definition) is 4. The fraction of sp³-hybridized carbons (Fsp3) is 0.559. The number of benzene rings is 1. The Morgan fingerprint density at radius 1 is 0.851 bits per heavy atom. The number of piperazine rings is 1. The van der Waals surface area contributed by atoms with Crippen molar-refractivity contribution in [3.63, 3.8) is 0 Å². The molecule has 5 amide bonds. The first-order valence-corrected chi connectivity index (χ1v) is 17.0. The van der Waals surface area contributed by atoms with Crippen LogP contribution in [0.5, 0.6) is 0 Å². The number of piperidine rings is 2. The lowest BCUT2D eigenvalue weighted by Crippen LogP contribution is -2.54. The number of carbonyl (C=O) groups is 5. The Kier molecular flexibility index (Phi) is 9.81. The third-order valence-electron chi connectivity index (χ3n) is 10.3. The van der Waals surface area contributed by atoms with Crippen molar-refractivity contribution in [1.29, 1.82) is 0 Å². The Balaban J connectivity index is 0.952. The van der Waals surface area contributed by atoms with E-state index < -0.39 is 29.7 Å². The summed E-state index contributed by atoms with van der Waals surface area (Å²) >= 11 is 0. The van der Waals surface area contributed by atoms with E-state index in [-0.39, 0.29) is 30.5 Å². The van der Waals surface area contributed by atoms with Gasteiger partial charge in [0.05, 0.1) is 22.6 Å². The minimum absolute atomic E-state index is 0.0955. The number of nitrogens with two attached hydrogens (primary N) is 2. The molecule has 5 aliphatic rings. The lowest BCUT2D eigenvalue weighted by Gasteiger charge is -2.40. The summed E-state index contributed by atoms with van der Waals surface area (Å²) in [7, 11) is 0. The highest BCUT2D eigenvalue weighted by atomic mass is 16.2. The van der Waals surface area contributed by atoms with Crippen LogP contribution in [-0.4, -0.2) is 102 Å². The van der Waals surface area contributed by atoms with Gasteiger partial charge in [-0.05, 0) is 68.4 Å². The number of carbonyl (C=O) groups excluding carboxylic acids is 5. The van der Waals surface area contributed by atoms with Crippen molar-refractivity contribution in [2.45, 2.75) is 69.9 Å². The summed E-state index contributed by atoms with van der Waals surface area (Å²) in [4.78, 5) is 70.5.